The SMILES string of the molecule is CCCOc1ccc(Oc2ccc(CBr)c(C)c2)cc1. The third-order valence-electron chi connectivity index (χ3n) is 2.99. The molecule has 0 heterocycles. The van der Waals surface area contributed by atoms with Crippen molar-refractivity contribution in [2.24, 2.45) is 0 Å². The maximum absolute atomic E-state index is 5.85. The molecule has 0 radical (unpaired) electrons. The number of hydrogen-bond donors (Lipinski definition) is 0. The molecule has 2 aromatic carbocycles. The third kappa shape index (κ3) is 4.01. The number of aryl methyl sites for hydroxylation is 1. The molecule has 0 saturated carbocycles. The van der Waals surface area contributed by atoms with Crippen molar-refractivity contribution in [1.82, 2.24) is 0 Å². The minimum absolute atomic E-state index is 0.743. The molecule has 2 nitrogen and oxygen atoms in total. The van der Waals surface area contributed by atoms with Crippen LogP contribution in [0.15, 0.2) is 42.5 Å². The molecule has 0 atom stereocenters. The Balaban J connectivity index is 2.04. The van der Waals surface area contributed by atoms with E-state index in [0.717, 1.165) is 35.6 Å². The molecule has 0 N–H and O–H groups in total. The van der Waals surface area contributed by atoms with E-state index >= 15 is 0 Å². The molecule has 0 aliphatic heterocycles. The fourth-order valence-electron chi connectivity index (χ4n) is 1.84. The summed E-state index contributed by atoms with van der Waals surface area (Å²) in [4.78, 5) is 0. The van der Waals surface area contributed by atoms with Crippen LogP contribution in [0.3, 0.4) is 0 Å². The Morgan fingerprint density at radius 3 is 2.20 bits per heavy atom. The number of ether oxygens (including phenoxy) is 2. The van der Waals surface area contributed by atoms with Crippen LogP contribution >= 0.6 is 15.9 Å². The van der Waals surface area contributed by atoms with E-state index in [2.05, 4.69) is 41.9 Å². The number of hydrogen-bond acceptors (Lipinski definition) is 2. The number of benzene rings is 2. The van der Waals surface area contributed by atoms with Gasteiger partial charge in [0.25, 0.3) is 0 Å². The second-order valence-electron chi connectivity index (χ2n) is 4.64. The number of rotatable bonds is 6. The van der Waals surface area contributed by atoms with E-state index in [1.165, 1.54) is 11.1 Å². The average molecular weight is 335 g/mol. The lowest BCUT2D eigenvalue weighted by molar-refractivity contribution is 0.317. The minimum Gasteiger partial charge on any atom is -0.494 e. The molecule has 0 amide bonds. The molecule has 20 heavy (non-hydrogen) atoms. The number of alkyl halides is 1. The quantitative estimate of drug-likeness (QED) is 0.652. The Morgan fingerprint density at radius 2 is 1.60 bits per heavy atom. The zero-order valence-corrected chi connectivity index (χ0v) is 13.4. The van der Waals surface area contributed by atoms with Gasteiger partial charge in [0.2, 0.25) is 0 Å². The Kier molecular flexibility index (Phi) is 5.48. The molecule has 106 valence electrons. The van der Waals surface area contributed by atoms with Gasteiger partial charge in [-0.1, -0.05) is 28.9 Å². The summed E-state index contributed by atoms with van der Waals surface area (Å²) >= 11 is 3.47. The van der Waals surface area contributed by atoms with Crippen LogP contribution in [-0.4, -0.2) is 6.61 Å². The van der Waals surface area contributed by atoms with E-state index in [0.29, 0.717) is 0 Å². The van der Waals surface area contributed by atoms with Crippen LogP contribution in [0, 0.1) is 6.92 Å². The first kappa shape index (κ1) is 14.9. The molecule has 0 spiro atoms. The van der Waals surface area contributed by atoms with E-state index in [-0.39, 0.29) is 0 Å². The van der Waals surface area contributed by atoms with Crippen molar-refractivity contribution in [3.05, 3.63) is 53.6 Å². The summed E-state index contributed by atoms with van der Waals surface area (Å²) < 4.78 is 11.4. The summed E-state index contributed by atoms with van der Waals surface area (Å²) in [5.74, 6) is 2.55. The molecule has 0 fully saturated rings. The lowest BCUT2D eigenvalue weighted by atomic mass is 10.1. The van der Waals surface area contributed by atoms with E-state index < -0.39 is 0 Å². The summed E-state index contributed by atoms with van der Waals surface area (Å²) in [5, 5.41) is 0.864. The molecule has 0 saturated heterocycles. The van der Waals surface area contributed by atoms with E-state index in [4.69, 9.17) is 9.47 Å². The maximum atomic E-state index is 5.85. The highest BCUT2D eigenvalue weighted by molar-refractivity contribution is 9.08. The molecular formula is C17H19BrO2. The van der Waals surface area contributed by atoms with Crippen molar-refractivity contribution in [1.29, 1.82) is 0 Å². The van der Waals surface area contributed by atoms with Gasteiger partial charge in [-0.3, -0.25) is 0 Å². The maximum Gasteiger partial charge on any atom is 0.127 e. The normalized spacial score (nSPS) is 10.3. The molecule has 2 rings (SSSR count). The lowest BCUT2D eigenvalue weighted by Gasteiger charge is -2.09. The van der Waals surface area contributed by atoms with Gasteiger partial charge in [-0.15, -0.1) is 0 Å². The molecule has 2 aromatic rings. The molecule has 3 heteroatoms. The van der Waals surface area contributed by atoms with Gasteiger partial charge in [0.1, 0.15) is 17.2 Å². The Morgan fingerprint density at radius 1 is 0.950 bits per heavy atom. The zero-order chi connectivity index (χ0) is 14.4. The van der Waals surface area contributed by atoms with Crippen molar-refractivity contribution < 1.29 is 9.47 Å². The van der Waals surface area contributed by atoms with Gasteiger partial charge in [0.15, 0.2) is 0 Å². The highest BCUT2D eigenvalue weighted by Gasteiger charge is 2.02. The standard InChI is InChI=1S/C17H19BrO2/c1-3-10-19-15-6-8-16(9-7-15)20-17-5-4-14(12-18)13(2)11-17/h4-9,11H,3,10,12H2,1-2H3. The fourth-order valence-corrected chi connectivity index (χ4v) is 2.47. The van der Waals surface area contributed by atoms with Crippen molar-refractivity contribution in [2.45, 2.75) is 25.6 Å². The van der Waals surface area contributed by atoms with E-state index in [9.17, 15) is 0 Å². The average Bonchev–Trinajstić information content (AvgIpc) is 2.47. The highest BCUT2D eigenvalue weighted by Crippen LogP contribution is 2.26. The van der Waals surface area contributed by atoms with Crippen LogP contribution < -0.4 is 9.47 Å². The van der Waals surface area contributed by atoms with Gasteiger partial charge in [-0.25, -0.2) is 0 Å². The largest absolute Gasteiger partial charge is 0.494 e. The van der Waals surface area contributed by atoms with Crippen LogP contribution in [0.2, 0.25) is 0 Å². The van der Waals surface area contributed by atoms with Crippen LogP contribution in [0.25, 0.3) is 0 Å². The number of halogens is 1. The Labute approximate surface area is 128 Å². The second kappa shape index (κ2) is 7.34. The summed E-state index contributed by atoms with van der Waals surface area (Å²) in [6, 6.07) is 13.9. The van der Waals surface area contributed by atoms with Gasteiger partial charge in [-0.05, 0) is 60.9 Å². The smallest absolute Gasteiger partial charge is 0.127 e. The molecule has 0 aliphatic rings. The molecular weight excluding hydrogens is 316 g/mol. The topological polar surface area (TPSA) is 18.5 Å². The summed E-state index contributed by atoms with van der Waals surface area (Å²) in [6.45, 7) is 4.93. The van der Waals surface area contributed by atoms with E-state index in [1.807, 2.05) is 30.3 Å². The highest BCUT2D eigenvalue weighted by atomic mass is 79.9. The summed E-state index contributed by atoms with van der Waals surface area (Å²) in [5.41, 5.74) is 2.50. The van der Waals surface area contributed by atoms with Gasteiger partial charge in [-0.2, -0.15) is 0 Å². The molecule has 0 unspecified atom stereocenters. The predicted molar refractivity (Wildman–Crippen MR) is 86.1 cm³/mol. The molecule has 0 bridgehead atoms. The molecule has 0 aromatic heterocycles. The van der Waals surface area contributed by atoms with Crippen LogP contribution in [0.5, 0.6) is 17.2 Å². The van der Waals surface area contributed by atoms with Crippen LogP contribution in [0.1, 0.15) is 24.5 Å². The van der Waals surface area contributed by atoms with Crippen molar-refractivity contribution in [3.63, 3.8) is 0 Å². The Bertz CT molecular complexity index is 549. The Hall–Kier alpha value is -1.48. The second-order valence-corrected chi connectivity index (χ2v) is 5.20. The first-order chi connectivity index (χ1) is 9.72. The minimum atomic E-state index is 0.743. The molecule has 0 aliphatic carbocycles. The summed E-state index contributed by atoms with van der Waals surface area (Å²) in [7, 11) is 0. The first-order valence-corrected chi connectivity index (χ1v) is 7.91. The fraction of sp³-hybridized carbons (Fsp3) is 0.294. The van der Waals surface area contributed by atoms with Gasteiger partial charge < -0.3 is 9.47 Å². The van der Waals surface area contributed by atoms with Crippen molar-refractivity contribution >= 4 is 15.9 Å². The van der Waals surface area contributed by atoms with E-state index in [1.54, 1.807) is 0 Å². The lowest BCUT2D eigenvalue weighted by Crippen LogP contribution is -1.94. The van der Waals surface area contributed by atoms with Gasteiger partial charge in [0.05, 0.1) is 6.61 Å². The monoisotopic (exact) mass is 334 g/mol. The van der Waals surface area contributed by atoms with Gasteiger partial charge in [0, 0.05) is 5.33 Å². The summed E-state index contributed by atoms with van der Waals surface area (Å²) in [6.07, 6.45) is 1.01. The zero-order valence-electron chi connectivity index (χ0n) is 11.9. The van der Waals surface area contributed by atoms with Crippen molar-refractivity contribution in [2.75, 3.05) is 6.61 Å². The van der Waals surface area contributed by atoms with Gasteiger partial charge >= 0.3 is 0 Å². The first-order valence-electron chi connectivity index (χ1n) is 6.79. The van der Waals surface area contributed by atoms with Crippen LogP contribution in [-0.2, 0) is 5.33 Å². The third-order valence-corrected chi connectivity index (χ3v) is 3.59. The predicted octanol–water partition coefficient (Wildman–Crippen LogP) is 5.47. The van der Waals surface area contributed by atoms with Crippen molar-refractivity contribution in [3.8, 4) is 17.2 Å². The van der Waals surface area contributed by atoms with Crippen LogP contribution in [0.4, 0.5) is 0 Å².